The number of aliphatic hydroxyl groups excluding tert-OH is 1. The van der Waals surface area contributed by atoms with Crippen molar-refractivity contribution in [3.05, 3.63) is 83.4 Å². The first-order valence-corrected chi connectivity index (χ1v) is 11.0. The van der Waals surface area contributed by atoms with Gasteiger partial charge in [-0.25, -0.2) is 0 Å². The van der Waals surface area contributed by atoms with Crippen LogP contribution in [-0.2, 0) is 27.4 Å². The van der Waals surface area contributed by atoms with Crippen LogP contribution in [0.25, 0.3) is 0 Å². The normalized spacial score (nSPS) is 23.2. The number of likely N-dealkylation sites (N-methyl/N-ethyl adjacent to an activating group) is 1. The lowest BCUT2D eigenvalue weighted by molar-refractivity contribution is -0.275. The Balaban J connectivity index is 1.82. The second-order valence-corrected chi connectivity index (χ2v) is 8.48. The highest BCUT2D eigenvalue weighted by Gasteiger charge is 2.38. The minimum absolute atomic E-state index is 0.0207. The molecule has 3 rings (SSSR count). The Labute approximate surface area is 190 Å². The fraction of sp³-hybridized carbons (Fsp3) is 0.423. The molecular formula is C26H34N2O4. The van der Waals surface area contributed by atoms with Gasteiger partial charge in [0.2, 0.25) is 5.91 Å². The van der Waals surface area contributed by atoms with Gasteiger partial charge in [0, 0.05) is 38.0 Å². The van der Waals surface area contributed by atoms with Crippen LogP contribution in [0.4, 0.5) is 0 Å². The first-order valence-electron chi connectivity index (χ1n) is 11.0. The predicted molar refractivity (Wildman–Crippen MR) is 125 cm³/mol. The molecule has 0 spiro atoms. The molecule has 2 aromatic rings. The summed E-state index contributed by atoms with van der Waals surface area (Å²) in [7, 11) is 2.06. The van der Waals surface area contributed by atoms with E-state index in [-0.39, 0.29) is 30.6 Å². The van der Waals surface area contributed by atoms with E-state index in [9.17, 15) is 9.90 Å². The summed E-state index contributed by atoms with van der Waals surface area (Å²) in [5.74, 6) is 0.0843. The van der Waals surface area contributed by atoms with Crippen LogP contribution < -0.4 is 5.32 Å². The summed E-state index contributed by atoms with van der Waals surface area (Å²) in [6.45, 7) is 9.56. The van der Waals surface area contributed by atoms with Crippen molar-refractivity contribution in [2.75, 3.05) is 20.1 Å². The average Bonchev–Trinajstić information content (AvgIpc) is 2.79. The molecule has 0 aliphatic carbocycles. The molecule has 1 aliphatic heterocycles. The van der Waals surface area contributed by atoms with Crippen LogP contribution >= 0.6 is 0 Å². The lowest BCUT2D eigenvalue weighted by atomic mass is 9.90. The van der Waals surface area contributed by atoms with Gasteiger partial charge in [-0.2, -0.15) is 0 Å². The number of ether oxygens (including phenoxy) is 2. The van der Waals surface area contributed by atoms with Crippen LogP contribution in [0.1, 0.15) is 48.5 Å². The topological polar surface area (TPSA) is 71.0 Å². The summed E-state index contributed by atoms with van der Waals surface area (Å²) in [5, 5.41) is 12.2. The van der Waals surface area contributed by atoms with E-state index in [0.29, 0.717) is 6.54 Å². The minimum atomic E-state index is -0.495. The van der Waals surface area contributed by atoms with Gasteiger partial charge in [0.15, 0.2) is 6.29 Å². The Kier molecular flexibility index (Phi) is 8.59. The van der Waals surface area contributed by atoms with E-state index in [2.05, 4.69) is 30.8 Å². The van der Waals surface area contributed by atoms with Gasteiger partial charge >= 0.3 is 0 Å². The molecule has 1 aliphatic rings. The van der Waals surface area contributed by atoms with Crippen molar-refractivity contribution < 1.29 is 19.4 Å². The number of carbonyl (C=O) groups is 1. The van der Waals surface area contributed by atoms with Gasteiger partial charge in [-0.05, 0) is 23.7 Å². The number of rotatable bonds is 9. The molecule has 0 bridgehead atoms. The monoisotopic (exact) mass is 438 g/mol. The Morgan fingerprint density at radius 2 is 1.72 bits per heavy atom. The number of amides is 1. The Hall–Kier alpha value is -2.51. The largest absolute Gasteiger partial charge is 0.392 e. The van der Waals surface area contributed by atoms with E-state index in [1.807, 2.05) is 54.6 Å². The molecule has 172 valence electrons. The highest BCUT2D eigenvalue weighted by molar-refractivity contribution is 5.72. The van der Waals surface area contributed by atoms with Crippen molar-refractivity contribution in [2.45, 2.75) is 45.5 Å². The number of aliphatic hydroxyl groups is 1. The highest BCUT2D eigenvalue weighted by atomic mass is 16.7. The number of nitrogens with zero attached hydrogens (tertiary/aromatic N) is 1. The van der Waals surface area contributed by atoms with Crippen molar-refractivity contribution in [1.82, 2.24) is 10.2 Å². The summed E-state index contributed by atoms with van der Waals surface area (Å²) in [6, 6.07) is 15.9. The summed E-state index contributed by atoms with van der Waals surface area (Å²) in [5.41, 5.74) is 3.91. The molecule has 6 heteroatoms. The summed E-state index contributed by atoms with van der Waals surface area (Å²) in [4.78, 5) is 13.4. The zero-order valence-corrected chi connectivity index (χ0v) is 19.2. The SMILES string of the molecule is C=CCN(C)C[C@@H]1O[C@H](c2ccc(CNC(C)=O)cc2)O[C@H](c2ccc(CO)cc2)[C@@H]1C. The Morgan fingerprint density at radius 1 is 1.09 bits per heavy atom. The molecule has 6 nitrogen and oxygen atoms in total. The molecule has 2 aromatic carbocycles. The average molecular weight is 439 g/mol. The maximum Gasteiger partial charge on any atom is 0.217 e. The molecule has 0 aromatic heterocycles. The maximum absolute atomic E-state index is 11.2. The van der Waals surface area contributed by atoms with Crippen molar-refractivity contribution in [2.24, 2.45) is 5.92 Å². The molecule has 4 atom stereocenters. The van der Waals surface area contributed by atoms with E-state index in [0.717, 1.165) is 35.3 Å². The lowest BCUT2D eigenvalue weighted by Gasteiger charge is -2.42. The van der Waals surface area contributed by atoms with Gasteiger partial charge in [-0.1, -0.05) is 61.5 Å². The Bertz CT molecular complexity index is 882. The summed E-state index contributed by atoms with van der Waals surface area (Å²) >= 11 is 0. The molecule has 32 heavy (non-hydrogen) atoms. The molecule has 0 unspecified atom stereocenters. The second kappa shape index (κ2) is 11.4. The van der Waals surface area contributed by atoms with E-state index in [4.69, 9.17) is 9.47 Å². The van der Waals surface area contributed by atoms with E-state index < -0.39 is 6.29 Å². The van der Waals surface area contributed by atoms with Gasteiger partial charge in [-0.3, -0.25) is 4.79 Å². The summed E-state index contributed by atoms with van der Waals surface area (Å²) < 4.78 is 12.9. The van der Waals surface area contributed by atoms with Crippen LogP contribution in [0.5, 0.6) is 0 Å². The maximum atomic E-state index is 11.2. The molecule has 2 N–H and O–H groups in total. The molecule has 0 radical (unpaired) electrons. The van der Waals surface area contributed by atoms with Crippen molar-refractivity contribution >= 4 is 5.91 Å². The van der Waals surface area contributed by atoms with Crippen LogP contribution in [0.3, 0.4) is 0 Å². The van der Waals surface area contributed by atoms with Gasteiger partial charge < -0.3 is 24.8 Å². The van der Waals surface area contributed by atoms with Crippen LogP contribution in [0.2, 0.25) is 0 Å². The lowest BCUT2D eigenvalue weighted by Crippen LogP contribution is -2.43. The first kappa shape index (κ1) is 24.1. The quantitative estimate of drug-likeness (QED) is 0.584. The van der Waals surface area contributed by atoms with Crippen LogP contribution in [0, 0.1) is 5.92 Å². The first-order chi connectivity index (χ1) is 15.4. The zero-order valence-electron chi connectivity index (χ0n) is 19.2. The molecule has 1 heterocycles. The fourth-order valence-corrected chi connectivity index (χ4v) is 3.95. The number of hydrogen-bond acceptors (Lipinski definition) is 5. The predicted octanol–water partition coefficient (Wildman–Crippen LogP) is 3.72. The van der Waals surface area contributed by atoms with Gasteiger partial charge in [0.1, 0.15) is 0 Å². The fourth-order valence-electron chi connectivity index (χ4n) is 3.95. The number of carbonyl (C=O) groups excluding carboxylic acids is 1. The van der Waals surface area contributed by atoms with Crippen molar-refractivity contribution in [3.8, 4) is 0 Å². The third-order valence-corrected chi connectivity index (χ3v) is 5.85. The number of hydrogen-bond donors (Lipinski definition) is 2. The number of benzene rings is 2. The van der Waals surface area contributed by atoms with Crippen molar-refractivity contribution in [1.29, 1.82) is 0 Å². The third kappa shape index (κ3) is 6.26. The van der Waals surface area contributed by atoms with Crippen molar-refractivity contribution in [3.63, 3.8) is 0 Å². The zero-order chi connectivity index (χ0) is 23.1. The van der Waals surface area contributed by atoms with Gasteiger partial charge in [0.05, 0.1) is 18.8 Å². The minimum Gasteiger partial charge on any atom is -0.392 e. The van der Waals surface area contributed by atoms with Gasteiger partial charge in [-0.15, -0.1) is 6.58 Å². The van der Waals surface area contributed by atoms with Crippen LogP contribution in [-0.4, -0.2) is 42.2 Å². The molecule has 1 saturated heterocycles. The second-order valence-electron chi connectivity index (χ2n) is 8.48. The van der Waals surface area contributed by atoms with Crippen LogP contribution in [0.15, 0.2) is 61.2 Å². The van der Waals surface area contributed by atoms with E-state index in [1.165, 1.54) is 6.92 Å². The molecule has 0 saturated carbocycles. The highest BCUT2D eigenvalue weighted by Crippen LogP contribution is 2.41. The Morgan fingerprint density at radius 3 is 2.31 bits per heavy atom. The standard InChI is InChI=1S/C26H34N2O4/c1-5-14-28(4)16-24-18(2)25(22-10-8-21(17-29)9-11-22)32-26(31-24)23-12-6-20(7-13-23)15-27-19(3)30/h5-13,18,24-26,29H,1,14-17H2,2-4H3,(H,27,30)/t18-,24+,25+,26+/m1/s1. The van der Waals surface area contributed by atoms with E-state index >= 15 is 0 Å². The summed E-state index contributed by atoms with van der Waals surface area (Å²) in [6.07, 6.45) is 1.23. The molecule has 1 amide bonds. The number of nitrogens with one attached hydrogen (secondary N) is 1. The smallest absolute Gasteiger partial charge is 0.217 e. The third-order valence-electron chi connectivity index (χ3n) is 5.85. The molecular weight excluding hydrogens is 404 g/mol. The molecule has 1 fully saturated rings. The van der Waals surface area contributed by atoms with E-state index in [1.54, 1.807) is 0 Å². The van der Waals surface area contributed by atoms with Gasteiger partial charge in [0.25, 0.3) is 0 Å².